The molecule has 2 aromatic carbocycles. The molecule has 2 fully saturated rings. The van der Waals surface area contributed by atoms with Crippen molar-refractivity contribution >= 4 is 17.3 Å². The van der Waals surface area contributed by atoms with Gasteiger partial charge in [0.25, 0.3) is 12.3 Å². The SMILES string of the molecule is C[C@@H](NC(=O)c1cc(N2CCOCC2)c(F)cc1NC1(C)CN(C)C1)c1cccc(C(F)F)c1F. The van der Waals surface area contributed by atoms with Gasteiger partial charge < -0.3 is 25.2 Å². The number of morpholine rings is 1. The summed E-state index contributed by atoms with van der Waals surface area (Å²) in [7, 11) is 1.96. The van der Waals surface area contributed by atoms with E-state index in [2.05, 4.69) is 15.5 Å². The highest BCUT2D eigenvalue weighted by Gasteiger charge is 2.37. The zero-order valence-electron chi connectivity index (χ0n) is 20.0. The number of benzene rings is 2. The number of alkyl halides is 2. The zero-order chi connectivity index (χ0) is 25.3. The number of likely N-dealkylation sites (N-methyl/N-ethyl adjacent to an activating group) is 1. The third-order valence-electron chi connectivity index (χ3n) is 6.47. The average molecular weight is 495 g/mol. The van der Waals surface area contributed by atoms with Crippen LogP contribution in [0.3, 0.4) is 0 Å². The van der Waals surface area contributed by atoms with Crippen molar-refractivity contribution in [2.24, 2.45) is 0 Å². The average Bonchev–Trinajstić information content (AvgIpc) is 2.78. The molecule has 190 valence electrons. The molecule has 0 aromatic heterocycles. The number of nitrogens with zero attached hydrogens (tertiary/aromatic N) is 2. The number of rotatable bonds is 7. The van der Waals surface area contributed by atoms with Crippen molar-refractivity contribution in [1.82, 2.24) is 10.2 Å². The molecule has 2 heterocycles. The summed E-state index contributed by atoms with van der Waals surface area (Å²) in [4.78, 5) is 17.3. The number of carbonyl (C=O) groups excluding carboxylic acids is 1. The number of halogens is 4. The fourth-order valence-electron chi connectivity index (χ4n) is 4.87. The summed E-state index contributed by atoms with van der Waals surface area (Å²) in [5.41, 5.74) is -0.320. The van der Waals surface area contributed by atoms with Crippen LogP contribution in [0.4, 0.5) is 28.9 Å². The standard InChI is InChI=1S/C25H30F4N4O2/c1-15(16-5-4-6-17(22(16)27)23(28)29)30-24(34)18-11-21(33-7-9-35-10-8-33)19(26)12-20(18)31-25(2)13-32(3)14-25/h4-6,11-12,15,23,31H,7-10,13-14H2,1-3H3,(H,30,34)/t15-/m1/s1. The minimum absolute atomic E-state index is 0.0475. The van der Waals surface area contributed by atoms with Gasteiger partial charge in [0.1, 0.15) is 11.6 Å². The lowest BCUT2D eigenvalue weighted by atomic mass is 9.92. The quantitative estimate of drug-likeness (QED) is 0.561. The topological polar surface area (TPSA) is 56.8 Å². The molecule has 4 rings (SSSR count). The lowest BCUT2D eigenvalue weighted by Gasteiger charge is -2.47. The van der Waals surface area contributed by atoms with E-state index in [4.69, 9.17) is 4.74 Å². The molecule has 2 N–H and O–H groups in total. The highest BCUT2D eigenvalue weighted by atomic mass is 19.3. The molecule has 0 aliphatic carbocycles. The highest BCUT2D eigenvalue weighted by molar-refractivity contribution is 6.01. The third-order valence-corrected chi connectivity index (χ3v) is 6.47. The van der Waals surface area contributed by atoms with E-state index in [1.807, 2.05) is 18.9 Å². The van der Waals surface area contributed by atoms with Gasteiger partial charge >= 0.3 is 0 Å². The molecule has 0 bridgehead atoms. The van der Waals surface area contributed by atoms with Crippen molar-refractivity contribution < 1.29 is 27.1 Å². The Labute approximate surface area is 202 Å². The van der Waals surface area contributed by atoms with Gasteiger partial charge in [-0.1, -0.05) is 18.2 Å². The molecule has 6 nitrogen and oxygen atoms in total. The van der Waals surface area contributed by atoms with Crippen molar-refractivity contribution in [3.8, 4) is 0 Å². The molecule has 2 saturated heterocycles. The van der Waals surface area contributed by atoms with Crippen molar-refractivity contribution in [2.75, 3.05) is 56.7 Å². The van der Waals surface area contributed by atoms with Crippen LogP contribution in [0, 0.1) is 11.6 Å². The number of anilines is 2. The van der Waals surface area contributed by atoms with Crippen LogP contribution in [-0.2, 0) is 4.74 Å². The Bertz CT molecular complexity index is 1090. The Hall–Kier alpha value is -2.85. The van der Waals surface area contributed by atoms with Crippen molar-refractivity contribution in [1.29, 1.82) is 0 Å². The molecule has 2 aromatic rings. The largest absolute Gasteiger partial charge is 0.378 e. The maximum absolute atomic E-state index is 15.2. The minimum atomic E-state index is -2.97. The number of likely N-dealkylation sites (tertiary alicyclic amines) is 1. The summed E-state index contributed by atoms with van der Waals surface area (Å²) in [6.07, 6.45) is -2.97. The predicted molar refractivity (Wildman–Crippen MR) is 126 cm³/mol. The van der Waals surface area contributed by atoms with Crippen LogP contribution < -0.4 is 15.5 Å². The van der Waals surface area contributed by atoms with Gasteiger partial charge in [-0.3, -0.25) is 4.79 Å². The molecule has 10 heteroatoms. The first-order chi connectivity index (χ1) is 16.6. The lowest BCUT2D eigenvalue weighted by molar-refractivity contribution is 0.0939. The molecule has 0 unspecified atom stereocenters. The number of amides is 1. The van der Waals surface area contributed by atoms with E-state index in [0.29, 0.717) is 45.1 Å². The third kappa shape index (κ3) is 5.38. The van der Waals surface area contributed by atoms with E-state index in [1.54, 1.807) is 0 Å². The van der Waals surface area contributed by atoms with Crippen LogP contribution in [0.25, 0.3) is 0 Å². The Morgan fingerprint density at radius 3 is 2.40 bits per heavy atom. The Morgan fingerprint density at radius 1 is 1.11 bits per heavy atom. The Balaban J connectivity index is 1.65. The molecule has 0 radical (unpaired) electrons. The van der Waals surface area contributed by atoms with Crippen LogP contribution >= 0.6 is 0 Å². The van der Waals surface area contributed by atoms with Gasteiger partial charge in [-0.2, -0.15) is 0 Å². The second-order valence-corrected chi connectivity index (χ2v) is 9.55. The van der Waals surface area contributed by atoms with E-state index in [9.17, 15) is 18.0 Å². The van der Waals surface area contributed by atoms with Crippen molar-refractivity contribution in [3.05, 3.63) is 58.7 Å². The lowest BCUT2D eigenvalue weighted by Crippen LogP contribution is -2.62. The monoisotopic (exact) mass is 494 g/mol. The van der Waals surface area contributed by atoms with Crippen LogP contribution in [0.1, 0.15) is 47.8 Å². The second-order valence-electron chi connectivity index (χ2n) is 9.55. The number of hydrogen-bond donors (Lipinski definition) is 2. The molecule has 1 amide bonds. The summed E-state index contributed by atoms with van der Waals surface area (Å²) in [5.74, 6) is -2.08. The molecule has 1 atom stereocenters. The van der Waals surface area contributed by atoms with E-state index in [-0.39, 0.29) is 22.4 Å². The molecular weight excluding hydrogens is 464 g/mol. The predicted octanol–water partition coefficient (Wildman–Crippen LogP) is 4.35. The van der Waals surface area contributed by atoms with Gasteiger partial charge in [0.05, 0.1) is 47.3 Å². The molecule has 2 aliphatic heterocycles. The first-order valence-corrected chi connectivity index (χ1v) is 11.6. The fraction of sp³-hybridized carbons (Fsp3) is 0.480. The van der Waals surface area contributed by atoms with Crippen LogP contribution in [0.5, 0.6) is 0 Å². The maximum atomic E-state index is 15.2. The number of nitrogens with one attached hydrogen (secondary N) is 2. The number of ether oxygens (including phenoxy) is 1. The summed E-state index contributed by atoms with van der Waals surface area (Å²) in [6.45, 7) is 6.78. The van der Waals surface area contributed by atoms with Gasteiger partial charge in [-0.25, -0.2) is 17.6 Å². The van der Waals surface area contributed by atoms with Gasteiger partial charge in [0.15, 0.2) is 0 Å². The summed E-state index contributed by atoms with van der Waals surface area (Å²) >= 11 is 0. The van der Waals surface area contributed by atoms with Gasteiger partial charge in [0.2, 0.25) is 0 Å². The van der Waals surface area contributed by atoms with Crippen molar-refractivity contribution in [3.63, 3.8) is 0 Å². The van der Waals surface area contributed by atoms with Gasteiger partial charge in [0, 0.05) is 31.7 Å². The Morgan fingerprint density at radius 2 is 1.77 bits per heavy atom. The summed E-state index contributed by atoms with van der Waals surface area (Å²) < 4.78 is 61.5. The van der Waals surface area contributed by atoms with E-state index in [1.165, 1.54) is 31.2 Å². The zero-order valence-corrected chi connectivity index (χ0v) is 20.0. The van der Waals surface area contributed by atoms with E-state index in [0.717, 1.165) is 6.07 Å². The molecule has 2 aliphatic rings. The first-order valence-electron chi connectivity index (χ1n) is 11.6. The van der Waals surface area contributed by atoms with Crippen molar-refractivity contribution in [2.45, 2.75) is 31.9 Å². The molecule has 35 heavy (non-hydrogen) atoms. The molecule has 0 saturated carbocycles. The van der Waals surface area contributed by atoms with Crippen LogP contribution in [0.2, 0.25) is 0 Å². The summed E-state index contributed by atoms with van der Waals surface area (Å²) in [6, 6.07) is 5.62. The Kier molecular flexibility index (Phi) is 7.23. The maximum Gasteiger partial charge on any atom is 0.266 e. The minimum Gasteiger partial charge on any atom is -0.378 e. The number of carbonyl (C=O) groups is 1. The van der Waals surface area contributed by atoms with Crippen LogP contribution in [-0.4, -0.2) is 62.8 Å². The van der Waals surface area contributed by atoms with Gasteiger partial charge in [-0.15, -0.1) is 0 Å². The molecule has 0 spiro atoms. The van der Waals surface area contributed by atoms with E-state index < -0.39 is 35.6 Å². The highest BCUT2D eigenvalue weighted by Crippen LogP contribution is 2.33. The molecular formula is C25H30F4N4O2. The summed E-state index contributed by atoms with van der Waals surface area (Å²) in [5, 5.41) is 6.00. The normalized spacial score (nSPS) is 18.8. The smallest absolute Gasteiger partial charge is 0.266 e. The van der Waals surface area contributed by atoms with Gasteiger partial charge in [-0.05, 0) is 33.0 Å². The first kappa shape index (κ1) is 25.2. The number of hydrogen-bond acceptors (Lipinski definition) is 5. The second kappa shape index (κ2) is 10.0. The fourth-order valence-corrected chi connectivity index (χ4v) is 4.87. The van der Waals surface area contributed by atoms with Crippen LogP contribution in [0.15, 0.2) is 30.3 Å². The van der Waals surface area contributed by atoms with E-state index >= 15 is 4.39 Å².